The molecule has 0 saturated heterocycles. The standard InChI is InChI=1S/C15H19N5O2S/c1-8-12(23-10(3)17-8)9(2)18(4)13-11(7-16)14(21)20(6)15(22)19(13)5/h9H,1-6H3/t9-/m0/s1. The van der Waals surface area contributed by atoms with E-state index in [1.807, 2.05) is 26.8 Å². The van der Waals surface area contributed by atoms with E-state index in [0.717, 1.165) is 20.1 Å². The summed E-state index contributed by atoms with van der Waals surface area (Å²) in [7, 11) is 4.70. The van der Waals surface area contributed by atoms with Gasteiger partial charge in [0, 0.05) is 26.0 Å². The maximum absolute atomic E-state index is 12.2. The Hall–Kier alpha value is -2.40. The van der Waals surface area contributed by atoms with Crippen LogP contribution in [-0.2, 0) is 14.1 Å². The molecule has 0 saturated carbocycles. The zero-order chi connectivity index (χ0) is 17.5. The lowest BCUT2D eigenvalue weighted by atomic mass is 10.2. The molecule has 1 atom stereocenters. The zero-order valence-corrected chi connectivity index (χ0v) is 14.9. The highest BCUT2D eigenvalue weighted by Gasteiger charge is 2.24. The van der Waals surface area contributed by atoms with Crippen LogP contribution >= 0.6 is 11.3 Å². The molecule has 2 aromatic rings. The van der Waals surface area contributed by atoms with Gasteiger partial charge in [-0.1, -0.05) is 0 Å². The first-order valence-electron chi connectivity index (χ1n) is 7.07. The second-order valence-electron chi connectivity index (χ2n) is 5.49. The highest BCUT2D eigenvalue weighted by atomic mass is 32.1. The van der Waals surface area contributed by atoms with E-state index in [2.05, 4.69) is 4.98 Å². The summed E-state index contributed by atoms with van der Waals surface area (Å²) in [5.41, 5.74) is -0.163. The molecular weight excluding hydrogens is 314 g/mol. The Morgan fingerprint density at radius 1 is 1.26 bits per heavy atom. The Morgan fingerprint density at radius 2 is 1.87 bits per heavy atom. The minimum Gasteiger partial charge on any atom is -0.352 e. The predicted octanol–water partition coefficient (Wildman–Crippen LogP) is 1.23. The van der Waals surface area contributed by atoms with Crippen molar-refractivity contribution in [2.45, 2.75) is 26.8 Å². The molecule has 0 aromatic carbocycles. The third kappa shape index (κ3) is 2.68. The molecular formula is C15H19N5O2S. The van der Waals surface area contributed by atoms with Gasteiger partial charge in [-0.2, -0.15) is 5.26 Å². The molecule has 0 spiro atoms. The average molecular weight is 333 g/mol. The first-order valence-corrected chi connectivity index (χ1v) is 7.89. The summed E-state index contributed by atoms with van der Waals surface area (Å²) >= 11 is 1.57. The van der Waals surface area contributed by atoms with Gasteiger partial charge < -0.3 is 4.90 Å². The van der Waals surface area contributed by atoms with Gasteiger partial charge in [0.1, 0.15) is 11.9 Å². The number of anilines is 1. The molecule has 0 aliphatic heterocycles. The van der Waals surface area contributed by atoms with Crippen molar-refractivity contribution in [2.75, 3.05) is 11.9 Å². The number of hydrogen-bond donors (Lipinski definition) is 0. The molecule has 7 nitrogen and oxygen atoms in total. The van der Waals surface area contributed by atoms with Crippen molar-refractivity contribution in [1.29, 1.82) is 5.26 Å². The van der Waals surface area contributed by atoms with Crippen molar-refractivity contribution in [2.24, 2.45) is 14.1 Å². The van der Waals surface area contributed by atoms with Crippen molar-refractivity contribution < 1.29 is 0 Å². The lowest BCUT2D eigenvalue weighted by Crippen LogP contribution is -2.42. The molecule has 8 heteroatoms. The van der Waals surface area contributed by atoms with Crippen molar-refractivity contribution in [3.63, 3.8) is 0 Å². The summed E-state index contributed by atoms with van der Waals surface area (Å²) in [6.45, 7) is 5.82. The molecule has 122 valence electrons. The highest BCUT2D eigenvalue weighted by molar-refractivity contribution is 7.11. The lowest BCUT2D eigenvalue weighted by Gasteiger charge is -2.28. The van der Waals surface area contributed by atoms with Crippen LogP contribution in [0, 0.1) is 25.2 Å². The third-order valence-corrected chi connectivity index (χ3v) is 5.22. The van der Waals surface area contributed by atoms with Crippen LogP contribution in [0.4, 0.5) is 5.82 Å². The van der Waals surface area contributed by atoms with Crippen LogP contribution in [0.1, 0.15) is 34.1 Å². The van der Waals surface area contributed by atoms with Crippen molar-refractivity contribution in [1.82, 2.24) is 14.1 Å². The fourth-order valence-electron chi connectivity index (χ4n) is 2.64. The lowest BCUT2D eigenvalue weighted by molar-refractivity contribution is 0.641. The number of thiazole rings is 1. The zero-order valence-electron chi connectivity index (χ0n) is 14.0. The normalized spacial score (nSPS) is 12.0. The van der Waals surface area contributed by atoms with Gasteiger partial charge in [0.15, 0.2) is 5.56 Å². The Balaban J connectivity index is 2.67. The van der Waals surface area contributed by atoms with E-state index in [1.165, 1.54) is 11.6 Å². The van der Waals surface area contributed by atoms with Crippen molar-refractivity contribution >= 4 is 17.2 Å². The summed E-state index contributed by atoms with van der Waals surface area (Å²) in [4.78, 5) is 31.6. The van der Waals surface area contributed by atoms with Crippen LogP contribution < -0.4 is 16.1 Å². The van der Waals surface area contributed by atoms with Crippen LogP contribution in [0.2, 0.25) is 0 Å². The first kappa shape index (κ1) is 17.0. The SMILES string of the molecule is Cc1nc(C)c([C@H](C)N(C)c2c(C#N)c(=O)n(C)c(=O)n2C)s1. The van der Waals surface area contributed by atoms with Crippen molar-refractivity contribution in [3.8, 4) is 6.07 Å². The first-order chi connectivity index (χ1) is 10.7. The molecule has 2 aromatic heterocycles. The molecule has 0 unspecified atom stereocenters. The largest absolute Gasteiger partial charge is 0.352 e. The summed E-state index contributed by atoms with van der Waals surface area (Å²) < 4.78 is 2.28. The molecule has 0 amide bonds. The number of aryl methyl sites for hydroxylation is 2. The Labute approximate surface area is 138 Å². The van der Waals surface area contributed by atoms with Gasteiger partial charge in [0.25, 0.3) is 5.56 Å². The second-order valence-corrected chi connectivity index (χ2v) is 6.72. The van der Waals surface area contributed by atoms with Gasteiger partial charge in [-0.15, -0.1) is 11.3 Å². The molecule has 0 aliphatic carbocycles. The molecule has 0 N–H and O–H groups in total. The van der Waals surface area contributed by atoms with E-state index in [0.29, 0.717) is 5.82 Å². The van der Waals surface area contributed by atoms with E-state index in [1.54, 1.807) is 30.3 Å². The molecule has 0 bridgehead atoms. The quantitative estimate of drug-likeness (QED) is 0.843. The fourth-order valence-corrected chi connectivity index (χ4v) is 3.66. The van der Waals surface area contributed by atoms with Gasteiger partial charge in [0.05, 0.1) is 16.7 Å². The fraction of sp³-hybridized carbons (Fsp3) is 0.467. The van der Waals surface area contributed by atoms with Crippen LogP contribution in [-0.4, -0.2) is 21.2 Å². The van der Waals surface area contributed by atoms with E-state index >= 15 is 0 Å². The minimum atomic E-state index is -0.582. The molecule has 2 rings (SSSR count). The van der Waals surface area contributed by atoms with Gasteiger partial charge in [-0.05, 0) is 20.8 Å². The number of nitrogens with zero attached hydrogens (tertiary/aromatic N) is 5. The summed E-state index contributed by atoms with van der Waals surface area (Å²) in [5, 5.41) is 10.3. The maximum atomic E-state index is 12.2. The smallest absolute Gasteiger partial charge is 0.332 e. The topological polar surface area (TPSA) is 83.9 Å². The van der Waals surface area contributed by atoms with Gasteiger partial charge in [0.2, 0.25) is 0 Å². The monoisotopic (exact) mass is 333 g/mol. The Kier molecular flexibility index (Phi) is 4.43. The second kappa shape index (κ2) is 6.01. The van der Waals surface area contributed by atoms with Gasteiger partial charge >= 0.3 is 5.69 Å². The van der Waals surface area contributed by atoms with Crippen molar-refractivity contribution in [3.05, 3.63) is 42.0 Å². The number of nitriles is 1. The average Bonchev–Trinajstić information content (AvgIpc) is 2.85. The molecule has 0 fully saturated rings. The highest BCUT2D eigenvalue weighted by Crippen LogP contribution is 2.31. The number of hydrogen-bond acceptors (Lipinski definition) is 6. The van der Waals surface area contributed by atoms with Gasteiger partial charge in [-0.25, -0.2) is 9.78 Å². The van der Waals surface area contributed by atoms with Crippen LogP contribution in [0.3, 0.4) is 0 Å². The van der Waals surface area contributed by atoms with E-state index in [4.69, 9.17) is 0 Å². The third-order valence-electron chi connectivity index (χ3n) is 3.98. The molecule has 2 heterocycles. The van der Waals surface area contributed by atoms with E-state index < -0.39 is 11.2 Å². The van der Waals surface area contributed by atoms with E-state index in [9.17, 15) is 14.9 Å². The number of rotatable bonds is 3. The molecule has 23 heavy (non-hydrogen) atoms. The summed E-state index contributed by atoms with van der Waals surface area (Å²) in [6, 6.07) is 1.81. The Bertz CT molecular complexity index is 916. The summed E-state index contributed by atoms with van der Waals surface area (Å²) in [5.74, 6) is 0.318. The molecule has 0 radical (unpaired) electrons. The van der Waals surface area contributed by atoms with Crippen LogP contribution in [0.5, 0.6) is 0 Å². The Morgan fingerprint density at radius 3 is 2.35 bits per heavy atom. The predicted molar refractivity (Wildman–Crippen MR) is 90.0 cm³/mol. The maximum Gasteiger partial charge on any atom is 0.332 e. The summed E-state index contributed by atoms with van der Waals surface area (Å²) in [6.07, 6.45) is 0. The van der Waals surface area contributed by atoms with Crippen LogP contribution in [0.15, 0.2) is 9.59 Å². The molecule has 0 aliphatic rings. The minimum absolute atomic E-state index is 0.0390. The van der Waals surface area contributed by atoms with E-state index in [-0.39, 0.29) is 11.6 Å². The van der Waals surface area contributed by atoms with Gasteiger partial charge in [-0.3, -0.25) is 13.9 Å². The van der Waals surface area contributed by atoms with Crippen LogP contribution in [0.25, 0.3) is 0 Å². The number of aromatic nitrogens is 3.